The fourth-order valence-electron chi connectivity index (χ4n) is 8.52. The molecule has 0 spiro atoms. The summed E-state index contributed by atoms with van der Waals surface area (Å²) in [6.45, 7) is 0.554. The second-order valence-electron chi connectivity index (χ2n) is 12.4. The Morgan fingerprint density at radius 3 is 1.74 bits per heavy atom. The van der Waals surface area contributed by atoms with Crippen LogP contribution in [0.4, 0.5) is 0 Å². The second-order valence-corrected chi connectivity index (χ2v) is 12.4. The zero-order valence-electron chi connectivity index (χ0n) is 20.3. The Bertz CT molecular complexity index is 527. The highest BCUT2D eigenvalue weighted by molar-refractivity contribution is 4.88. The third-order valence-electron chi connectivity index (χ3n) is 10.5. The van der Waals surface area contributed by atoms with Crippen molar-refractivity contribution in [1.82, 2.24) is 0 Å². The minimum absolute atomic E-state index is 0.479. The lowest BCUT2D eigenvalue weighted by molar-refractivity contribution is -0.140. The van der Waals surface area contributed by atoms with Crippen LogP contribution in [0.3, 0.4) is 0 Å². The van der Waals surface area contributed by atoms with Gasteiger partial charge in [-0.3, -0.25) is 0 Å². The van der Waals surface area contributed by atoms with Crippen LogP contribution in [0.2, 0.25) is 0 Å². The average molecular weight is 431 g/mol. The van der Waals surface area contributed by atoms with Crippen molar-refractivity contribution < 1.29 is 9.47 Å². The lowest BCUT2D eigenvalue weighted by Gasteiger charge is -2.43. The van der Waals surface area contributed by atoms with Gasteiger partial charge in [0.1, 0.15) is 6.79 Å². The van der Waals surface area contributed by atoms with Crippen molar-refractivity contribution in [1.29, 1.82) is 0 Å². The first-order chi connectivity index (χ1) is 15.3. The molecule has 0 aromatic rings. The quantitative estimate of drug-likeness (QED) is 0.378. The molecule has 0 bridgehead atoms. The summed E-state index contributed by atoms with van der Waals surface area (Å²) in [5, 5.41) is 0. The van der Waals surface area contributed by atoms with Gasteiger partial charge in [-0.2, -0.15) is 0 Å². The van der Waals surface area contributed by atoms with Crippen molar-refractivity contribution >= 4 is 0 Å². The van der Waals surface area contributed by atoms with Gasteiger partial charge in [0.2, 0.25) is 0 Å². The predicted octanol–water partition coefficient (Wildman–Crippen LogP) is 8.28. The van der Waals surface area contributed by atoms with Crippen LogP contribution in [-0.2, 0) is 9.47 Å². The van der Waals surface area contributed by atoms with E-state index >= 15 is 0 Å². The molecule has 31 heavy (non-hydrogen) atoms. The Morgan fingerprint density at radius 1 is 0.419 bits per heavy atom. The van der Waals surface area contributed by atoms with Crippen LogP contribution < -0.4 is 0 Å². The minimum Gasteiger partial charge on any atom is -0.352 e. The summed E-state index contributed by atoms with van der Waals surface area (Å²) in [4.78, 5) is 0. The normalized spacial score (nSPS) is 42.0. The maximum absolute atomic E-state index is 6.21. The zero-order chi connectivity index (χ0) is 20.9. The van der Waals surface area contributed by atoms with Crippen LogP contribution >= 0.6 is 0 Å². The lowest BCUT2D eigenvalue weighted by Crippen LogP contribution is -2.35. The fourth-order valence-corrected chi connectivity index (χ4v) is 8.52. The van der Waals surface area contributed by atoms with Crippen LogP contribution in [0.1, 0.15) is 128 Å². The Kier molecular flexibility index (Phi) is 8.32. The van der Waals surface area contributed by atoms with Gasteiger partial charge < -0.3 is 9.47 Å². The third-order valence-corrected chi connectivity index (χ3v) is 10.5. The van der Waals surface area contributed by atoms with Crippen molar-refractivity contribution in [2.45, 2.75) is 141 Å². The van der Waals surface area contributed by atoms with Crippen molar-refractivity contribution in [2.24, 2.45) is 35.5 Å². The van der Waals surface area contributed by atoms with E-state index in [1.807, 2.05) is 0 Å². The second kappa shape index (κ2) is 11.4. The average Bonchev–Trinajstić information content (AvgIpc) is 2.83. The number of ether oxygens (including phenoxy) is 2. The van der Waals surface area contributed by atoms with Crippen LogP contribution in [-0.4, -0.2) is 19.0 Å². The Balaban J connectivity index is 0.977. The molecule has 5 aliphatic carbocycles. The maximum Gasteiger partial charge on any atom is 0.147 e. The highest BCUT2D eigenvalue weighted by Crippen LogP contribution is 2.47. The molecule has 0 amide bonds. The Labute approximate surface area is 192 Å². The molecule has 178 valence electrons. The summed E-state index contributed by atoms with van der Waals surface area (Å²) in [6, 6.07) is 0. The van der Waals surface area contributed by atoms with E-state index in [9.17, 15) is 0 Å². The molecule has 0 N–H and O–H groups in total. The van der Waals surface area contributed by atoms with Gasteiger partial charge in [0.25, 0.3) is 0 Å². The Hall–Kier alpha value is -0.0800. The van der Waals surface area contributed by atoms with Crippen LogP contribution in [0.5, 0.6) is 0 Å². The van der Waals surface area contributed by atoms with E-state index in [2.05, 4.69) is 0 Å². The summed E-state index contributed by atoms with van der Waals surface area (Å²) in [6.07, 6.45) is 30.1. The molecule has 0 aromatic heterocycles. The molecule has 0 radical (unpaired) electrons. The first-order valence-corrected chi connectivity index (χ1v) is 14.6. The van der Waals surface area contributed by atoms with E-state index in [0.717, 1.165) is 35.5 Å². The minimum atomic E-state index is 0.479. The molecular formula is C29H50O2. The summed E-state index contributed by atoms with van der Waals surface area (Å²) < 4.78 is 12.2. The number of hydrogen-bond acceptors (Lipinski definition) is 2. The molecule has 2 nitrogen and oxygen atoms in total. The first kappa shape index (κ1) is 22.7. The van der Waals surface area contributed by atoms with Crippen molar-refractivity contribution in [3.63, 3.8) is 0 Å². The molecule has 0 aliphatic heterocycles. The first-order valence-electron chi connectivity index (χ1n) is 14.6. The van der Waals surface area contributed by atoms with Crippen LogP contribution in [0.15, 0.2) is 0 Å². The van der Waals surface area contributed by atoms with E-state index in [1.54, 1.807) is 44.9 Å². The molecule has 5 rings (SSSR count). The molecule has 7 atom stereocenters. The fraction of sp³-hybridized carbons (Fsp3) is 1.00. The third kappa shape index (κ3) is 6.28. The largest absolute Gasteiger partial charge is 0.352 e. The summed E-state index contributed by atoms with van der Waals surface area (Å²) in [7, 11) is 0. The molecule has 0 saturated heterocycles. The summed E-state index contributed by atoms with van der Waals surface area (Å²) >= 11 is 0. The predicted molar refractivity (Wildman–Crippen MR) is 128 cm³/mol. The molecular weight excluding hydrogens is 380 g/mol. The SMILES string of the molecule is C1CCC(OCOC2CCC3CC(CCC4CCC5CCCCC5C4)CCC3C2)CC1. The molecule has 7 unspecified atom stereocenters. The van der Waals surface area contributed by atoms with Gasteiger partial charge in [0, 0.05) is 0 Å². The topological polar surface area (TPSA) is 18.5 Å². The van der Waals surface area contributed by atoms with E-state index in [1.165, 1.54) is 83.5 Å². The standard InChI is InChI=1S/C29H50O2/c1-2-8-28(9-3-1)30-21-31-29-17-16-26-19-23(13-15-27(26)20-29)11-10-22-12-14-24-6-4-5-7-25(24)18-22/h22-29H,1-21H2. The van der Waals surface area contributed by atoms with Crippen molar-refractivity contribution in [2.75, 3.05) is 6.79 Å². The number of fused-ring (bicyclic) bond motifs is 2. The molecule has 2 heteroatoms. The molecule has 0 heterocycles. The Morgan fingerprint density at radius 2 is 0.968 bits per heavy atom. The molecule has 5 fully saturated rings. The van der Waals surface area contributed by atoms with Gasteiger partial charge >= 0.3 is 0 Å². The smallest absolute Gasteiger partial charge is 0.147 e. The number of hydrogen-bond donors (Lipinski definition) is 0. The van der Waals surface area contributed by atoms with E-state index in [-0.39, 0.29) is 0 Å². The highest BCUT2D eigenvalue weighted by atomic mass is 16.7. The molecule has 5 saturated carbocycles. The zero-order valence-corrected chi connectivity index (χ0v) is 20.3. The van der Waals surface area contributed by atoms with Gasteiger partial charge in [-0.1, -0.05) is 70.6 Å². The van der Waals surface area contributed by atoms with E-state index in [4.69, 9.17) is 9.47 Å². The number of rotatable bonds is 7. The van der Waals surface area contributed by atoms with Crippen LogP contribution in [0.25, 0.3) is 0 Å². The lowest BCUT2D eigenvalue weighted by atomic mass is 9.64. The van der Waals surface area contributed by atoms with Crippen molar-refractivity contribution in [3.8, 4) is 0 Å². The van der Waals surface area contributed by atoms with Gasteiger partial charge in [0.05, 0.1) is 12.2 Å². The van der Waals surface area contributed by atoms with Gasteiger partial charge in [-0.15, -0.1) is 0 Å². The molecule has 5 aliphatic rings. The monoisotopic (exact) mass is 430 g/mol. The van der Waals surface area contributed by atoms with E-state index < -0.39 is 0 Å². The summed E-state index contributed by atoms with van der Waals surface area (Å²) in [5.41, 5.74) is 0. The van der Waals surface area contributed by atoms with E-state index in [0.29, 0.717) is 19.0 Å². The molecule has 0 aromatic carbocycles. The van der Waals surface area contributed by atoms with Crippen LogP contribution in [0, 0.1) is 35.5 Å². The van der Waals surface area contributed by atoms with Gasteiger partial charge in [-0.05, 0) is 93.3 Å². The van der Waals surface area contributed by atoms with Gasteiger partial charge in [0.15, 0.2) is 0 Å². The highest BCUT2D eigenvalue weighted by Gasteiger charge is 2.37. The van der Waals surface area contributed by atoms with Crippen molar-refractivity contribution in [3.05, 3.63) is 0 Å². The van der Waals surface area contributed by atoms with Gasteiger partial charge in [-0.25, -0.2) is 0 Å². The summed E-state index contributed by atoms with van der Waals surface area (Å²) in [5.74, 6) is 6.30. The maximum atomic E-state index is 6.21.